The van der Waals surface area contributed by atoms with E-state index in [-0.39, 0.29) is 11.3 Å². The van der Waals surface area contributed by atoms with E-state index in [1.165, 1.54) is 23.1 Å². The van der Waals surface area contributed by atoms with Gasteiger partial charge in [-0.1, -0.05) is 18.2 Å². The Morgan fingerprint density at radius 2 is 1.92 bits per heavy atom. The summed E-state index contributed by atoms with van der Waals surface area (Å²) in [4.78, 5) is 36.5. The molecule has 3 aromatic rings. The summed E-state index contributed by atoms with van der Waals surface area (Å²) in [5.74, 6) is -0.653. The first-order chi connectivity index (χ1) is 12.6. The number of benzene rings is 1. The molecule has 132 valence electrons. The van der Waals surface area contributed by atoms with Crippen LogP contribution in [0.2, 0.25) is 0 Å². The molecule has 0 unspecified atom stereocenters. The lowest BCUT2D eigenvalue weighted by atomic mass is 10.1. The molecule has 2 N–H and O–H groups in total. The van der Waals surface area contributed by atoms with Gasteiger partial charge in [0, 0.05) is 18.0 Å². The molecule has 0 radical (unpaired) electrons. The number of rotatable bonds is 4. The first-order valence-corrected chi connectivity index (χ1v) is 7.92. The highest BCUT2D eigenvalue weighted by Gasteiger charge is 2.16. The second kappa shape index (κ2) is 7.47. The van der Waals surface area contributed by atoms with Crippen LogP contribution in [-0.2, 0) is 11.3 Å². The molecule has 26 heavy (non-hydrogen) atoms. The number of amides is 2. The molecule has 0 aliphatic rings. The number of hydrazine groups is 1. The molecule has 8 heteroatoms. The number of fused-ring (bicyclic) bond motifs is 1. The van der Waals surface area contributed by atoms with Gasteiger partial charge in [0.25, 0.3) is 17.4 Å². The van der Waals surface area contributed by atoms with Crippen molar-refractivity contribution in [3.63, 3.8) is 0 Å². The molecular weight excluding hydrogens is 336 g/mol. The number of carbonyl (C=O) groups is 2. The second-order valence-corrected chi connectivity index (χ2v) is 5.31. The highest BCUT2D eigenvalue weighted by atomic mass is 16.3. The normalized spacial score (nSPS) is 11.0. The molecule has 2 amide bonds. The minimum Gasteiger partial charge on any atom is -0.465 e. The minimum atomic E-state index is -0.622. The Morgan fingerprint density at radius 1 is 1.15 bits per heavy atom. The van der Waals surface area contributed by atoms with Crippen LogP contribution < -0.4 is 16.4 Å². The molecule has 0 saturated heterocycles. The van der Waals surface area contributed by atoms with Gasteiger partial charge in [0.2, 0.25) is 0 Å². The topological polar surface area (TPSA) is 106 Å². The lowest BCUT2D eigenvalue weighted by Crippen LogP contribution is -2.42. The van der Waals surface area contributed by atoms with Gasteiger partial charge in [0.05, 0.1) is 11.6 Å². The fraction of sp³-hybridized carbons (Fsp3) is 0.111. The van der Waals surface area contributed by atoms with Crippen molar-refractivity contribution in [1.29, 1.82) is 0 Å². The molecule has 0 aliphatic heterocycles. The average Bonchev–Trinajstić information content (AvgIpc) is 3.18. The van der Waals surface area contributed by atoms with E-state index in [4.69, 9.17) is 4.42 Å². The van der Waals surface area contributed by atoms with Crippen molar-refractivity contribution >= 4 is 28.7 Å². The quantitative estimate of drug-likeness (QED) is 0.546. The van der Waals surface area contributed by atoms with Crippen LogP contribution in [0.3, 0.4) is 0 Å². The predicted octanol–water partition coefficient (Wildman–Crippen LogP) is 1.48. The fourth-order valence-corrected chi connectivity index (χ4v) is 2.38. The number of furan rings is 1. The van der Waals surface area contributed by atoms with Crippen LogP contribution >= 0.6 is 0 Å². The second-order valence-electron chi connectivity index (χ2n) is 5.31. The Hall–Kier alpha value is -3.68. The van der Waals surface area contributed by atoms with E-state index in [9.17, 15) is 14.4 Å². The third-order valence-corrected chi connectivity index (χ3v) is 3.62. The molecular formula is C18H16N4O4. The zero-order valence-corrected chi connectivity index (χ0v) is 13.9. The number of aromatic nitrogens is 2. The molecule has 2 heterocycles. The molecule has 0 fully saturated rings. The third-order valence-electron chi connectivity index (χ3n) is 3.62. The lowest BCUT2D eigenvalue weighted by Gasteiger charge is -2.10. The maximum Gasteiger partial charge on any atom is 0.290 e. The highest BCUT2D eigenvalue weighted by Crippen LogP contribution is 2.13. The van der Waals surface area contributed by atoms with Gasteiger partial charge in [-0.3, -0.25) is 25.2 Å². The molecule has 3 rings (SSSR count). The largest absolute Gasteiger partial charge is 0.465 e. The Balaban J connectivity index is 1.79. The summed E-state index contributed by atoms with van der Waals surface area (Å²) in [6.45, 7) is 2.08. The van der Waals surface area contributed by atoms with Crippen LogP contribution in [-0.4, -0.2) is 21.6 Å². The van der Waals surface area contributed by atoms with Gasteiger partial charge in [0.1, 0.15) is 5.76 Å². The van der Waals surface area contributed by atoms with Gasteiger partial charge >= 0.3 is 0 Å². The standard InChI is InChI=1S/C18H16N4O4/c1-2-22-18(25)14-8-4-3-7-13(14)16(21-22)17(24)20-19-15(23)10-9-12-6-5-11-26-12/h3-11H,2H2,1H3,(H,19,23)(H,20,24)/b10-9+. The Bertz CT molecular complexity index is 1040. The Morgan fingerprint density at radius 3 is 2.62 bits per heavy atom. The van der Waals surface area contributed by atoms with Gasteiger partial charge < -0.3 is 4.42 Å². The van der Waals surface area contributed by atoms with Crippen LogP contribution in [0.15, 0.2) is 57.9 Å². The van der Waals surface area contributed by atoms with Crippen LogP contribution in [0, 0.1) is 0 Å². The summed E-state index contributed by atoms with van der Waals surface area (Å²) in [6.07, 6.45) is 4.17. The smallest absolute Gasteiger partial charge is 0.290 e. The van der Waals surface area contributed by atoms with Crippen molar-refractivity contribution in [2.75, 3.05) is 0 Å². The fourth-order valence-electron chi connectivity index (χ4n) is 2.38. The number of nitrogens with one attached hydrogen (secondary N) is 2. The summed E-state index contributed by atoms with van der Waals surface area (Å²) in [6, 6.07) is 10.1. The first-order valence-electron chi connectivity index (χ1n) is 7.92. The average molecular weight is 352 g/mol. The summed E-state index contributed by atoms with van der Waals surface area (Å²) in [5.41, 5.74) is 4.34. The first kappa shape index (κ1) is 17.2. The van der Waals surface area contributed by atoms with E-state index in [0.29, 0.717) is 23.1 Å². The zero-order chi connectivity index (χ0) is 18.5. The Kier molecular flexibility index (Phi) is 4.93. The lowest BCUT2D eigenvalue weighted by molar-refractivity contribution is -0.117. The van der Waals surface area contributed by atoms with E-state index in [1.54, 1.807) is 43.3 Å². The summed E-state index contributed by atoms with van der Waals surface area (Å²) in [7, 11) is 0. The van der Waals surface area contributed by atoms with Crippen LogP contribution in [0.5, 0.6) is 0 Å². The van der Waals surface area contributed by atoms with Crippen molar-refractivity contribution < 1.29 is 14.0 Å². The molecule has 0 atom stereocenters. The van der Waals surface area contributed by atoms with Gasteiger partial charge in [-0.05, 0) is 31.2 Å². The summed E-state index contributed by atoms with van der Waals surface area (Å²) < 4.78 is 6.27. The molecule has 1 aromatic carbocycles. The van der Waals surface area contributed by atoms with E-state index in [1.807, 2.05) is 0 Å². The van der Waals surface area contributed by atoms with Crippen LogP contribution in [0.4, 0.5) is 0 Å². The van der Waals surface area contributed by atoms with Crippen molar-refractivity contribution in [2.45, 2.75) is 13.5 Å². The monoisotopic (exact) mass is 352 g/mol. The molecule has 0 spiro atoms. The van der Waals surface area contributed by atoms with Crippen LogP contribution in [0.25, 0.3) is 16.8 Å². The molecule has 2 aromatic heterocycles. The number of hydrogen-bond donors (Lipinski definition) is 2. The van der Waals surface area contributed by atoms with E-state index < -0.39 is 11.8 Å². The summed E-state index contributed by atoms with van der Waals surface area (Å²) in [5, 5.41) is 4.90. The number of aryl methyl sites for hydroxylation is 1. The van der Waals surface area contributed by atoms with Gasteiger partial charge in [-0.2, -0.15) is 5.10 Å². The number of nitrogens with zero attached hydrogens (tertiary/aromatic N) is 2. The summed E-state index contributed by atoms with van der Waals surface area (Å²) >= 11 is 0. The van der Waals surface area contributed by atoms with E-state index >= 15 is 0 Å². The zero-order valence-electron chi connectivity index (χ0n) is 13.9. The predicted molar refractivity (Wildman–Crippen MR) is 95.0 cm³/mol. The van der Waals surface area contributed by atoms with Crippen molar-refractivity contribution in [3.8, 4) is 0 Å². The van der Waals surface area contributed by atoms with Crippen LogP contribution in [0.1, 0.15) is 23.2 Å². The maximum absolute atomic E-state index is 12.4. The minimum absolute atomic E-state index is 0.0531. The van der Waals surface area contributed by atoms with Crippen molar-refractivity contribution in [3.05, 3.63) is 70.5 Å². The molecule has 8 nitrogen and oxygen atoms in total. The maximum atomic E-state index is 12.4. The molecule has 0 aliphatic carbocycles. The Labute approximate surface area is 148 Å². The van der Waals surface area contributed by atoms with Crippen molar-refractivity contribution in [2.24, 2.45) is 0 Å². The van der Waals surface area contributed by atoms with Gasteiger partial charge in [-0.15, -0.1) is 0 Å². The molecule has 0 saturated carbocycles. The third kappa shape index (κ3) is 3.54. The molecule has 0 bridgehead atoms. The van der Waals surface area contributed by atoms with Gasteiger partial charge in [-0.25, -0.2) is 4.68 Å². The number of carbonyl (C=O) groups excluding carboxylic acids is 2. The highest BCUT2D eigenvalue weighted by molar-refractivity contribution is 6.05. The number of hydrogen-bond acceptors (Lipinski definition) is 5. The van der Waals surface area contributed by atoms with Gasteiger partial charge in [0.15, 0.2) is 5.69 Å². The van der Waals surface area contributed by atoms with E-state index in [2.05, 4.69) is 16.0 Å². The SMILES string of the molecule is CCn1nc(C(=O)NNC(=O)/C=C/c2ccco2)c2ccccc2c1=O. The van der Waals surface area contributed by atoms with E-state index in [0.717, 1.165) is 0 Å². The van der Waals surface area contributed by atoms with Crippen molar-refractivity contribution in [1.82, 2.24) is 20.6 Å².